The second-order valence-corrected chi connectivity index (χ2v) is 9.75. The van der Waals surface area contributed by atoms with E-state index in [-0.39, 0.29) is 30.0 Å². The SMILES string of the molecule is Cc1sc2nc(C(C)C)n3c(=O)n(CC(=O)N4CCNC(=O)C4(C)C)nc3c2c1C. The number of amides is 2. The summed E-state index contributed by atoms with van der Waals surface area (Å²) in [5, 5.41) is 8.17. The van der Waals surface area contributed by atoms with Gasteiger partial charge in [0, 0.05) is 23.9 Å². The lowest BCUT2D eigenvalue weighted by Crippen LogP contribution is -2.64. The molecule has 0 atom stereocenters. The zero-order valence-electron chi connectivity index (χ0n) is 18.1. The number of hydrogen-bond acceptors (Lipinski definition) is 6. The van der Waals surface area contributed by atoms with Gasteiger partial charge in [-0.05, 0) is 33.3 Å². The summed E-state index contributed by atoms with van der Waals surface area (Å²) in [6.07, 6.45) is 0. The molecule has 1 saturated heterocycles. The van der Waals surface area contributed by atoms with Gasteiger partial charge in [0.15, 0.2) is 5.65 Å². The van der Waals surface area contributed by atoms with Crippen molar-refractivity contribution in [3.63, 3.8) is 0 Å². The third kappa shape index (κ3) is 2.92. The Bertz CT molecular complexity index is 1250. The molecule has 0 aliphatic carbocycles. The maximum absolute atomic E-state index is 13.2. The maximum Gasteiger partial charge on any atom is 0.352 e. The van der Waals surface area contributed by atoms with Crippen LogP contribution in [0.15, 0.2) is 4.79 Å². The number of fused-ring (bicyclic) bond motifs is 3. The highest BCUT2D eigenvalue weighted by atomic mass is 32.1. The van der Waals surface area contributed by atoms with Gasteiger partial charge in [0.05, 0.1) is 5.39 Å². The Hall–Kier alpha value is -2.75. The molecule has 4 heterocycles. The van der Waals surface area contributed by atoms with Gasteiger partial charge in [-0.25, -0.2) is 18.9 Å². The van der Waals surface area contributed by atoms with Gasteiger partial charge in [-0.2, -0.15) is 0 Å². The van der Waals surface area contributed by atoms with E-state index in [0.29, 0.717) is 24.6 Å². The Morgan fingerprint density at radius 1 is 1.27 bits per heavy atom. The van der Waals surface area contributed by atoms with Crippen molar-refractivity contribution in [2.45, 2.75) is 59.5 Å². The van der Waals surface area contributed by atoms with Gasteiger partial charge in [-0.3, -0.25) is 9.59 Å². The van der Waals surface area contributed by atoms with Crippen molar-refractivity contribution in [3.05, 3.63) is 26.7 Å². The van der Waals surface area contributed by atoms with Gasteiger partial charge < -0.3 is 10.2 Å². The molecule has 3 aromatic heterocycles. The van der Waals surface area contributed by atoms with E-state index in [1.54, 1.807) is 25.2 Å². The van der Waals surface area contributed by atoms with Gasteiger partial charge in [0.2, 0.25) is 11.8 Å². The molecule has 4 rings (SSSR count). The molecular weight excluding hydrogens is 404 g/mol. The van der Waals surface area contributed by atoms with Crippen LogP contribution < -0.4 is 11.0 Å². The van der Waals surface area contributed by atoms with E-state index in [1.165, 1.54) is 14.0 Å². The highest BCUT2D eigenvalue weighted by Gasteiger charge is 2.40. The molecule has 1 aliphatic rings. The fraction of sp³-hybridized carbons (Fsp3) is 0.550. The molecule has 0 spiro atoms. The molecular formula is C20H26N6O3S. The number of aryl methyl sites for hydroxylation is 2. The Morgan fingerprint density at radius 2 is 1.97 bits per heavy atom. The topological polar surface area (TPSA) is 102 Å². The van der Waals surface area contributed by atoms with E-state index in [2.05, 4.69) is 10.4 Å². The highest BCUT2D eigenvalue weighted by Crippen LogP contribution is 2.32. The zero-order valence-corrected chi connectivity index (χ0v) is 18.9. The fourth-order valence-corrected chi connectivity index (χ4v) is 4.95. The molecule has 9 nitrogen and oxygen atoms in total. The molecule has 3 aromatic rings. The van der Waals surface area contributed by atoms with Gasteiger partial charge >= 0.3 is 5.69 Å². The number of carbonyl (C=O) groups excluding carboxylic acids is 2. The highest BCUT2D eigenvalue weighted by molar-refractivity contribution is 7.18. The minimum atomic E-state index is -0.975. The van der Waals surface area contributed by atoms with Gasteiger partial charge in [-0.15, -0.1) is 16.4 Å². The van der Waals surface area contributed by atoms with Crippen molar-refractivity contribution in [2.75, 3.05) is 13.1 Å². The zero-order chi connectivity index (χ0) is 22.0. The standard InChI is InChI=1S/C20H26N6O3S/c1-10(2)15-22-17-14(11(3)12(4)30-17)16-23-25(19(29)26(15)16)9-13(27)24-8-7-21-18(28)20(24,5)6/h10H,7-9H2,1-6H3,(H,21,28). The van der Waals surface area contributed by atoms with Crippen molar-refractivity contribution in [2.24, 2.45) is 0 Å². The Kier molecular flexibility index (Phi) is 4.72. The smallest absolute Gasteiger partial charge is 0.352 e. The first-order chi connectivity index (χ1) is 14.0. The van der Waals surface area contributed by atoms with E-state index in [0.717, 1.165) is 20.7 Å². The van der Waals surface area contributed by atoms with E-state index >= 15 is 0 Å². The molecule has 0 unspecified atom stereocenters. The lowest BCUT2D eigenvalue weighted by atomic mass is 9.99. The third-order valence-electron chi connectivity index (χ3n) is 5.83. The first-order valence-corrected chi connectivity index (χ1v) is 10.8. The number of rotatable bonds is 3. The molecule has 0 saturated carbocycles. The van der Waals surface area contributed by atoms with E-state index < -0.39 is 5.54 Å². The van der Waals surface area contributed by atoms with Gasteiger partial charge in [-0.1, -0.05) is 13.8 Å². The largest absolute Gasteiger partial charge is 0.352 e. The van der Waals surface area contributed by atoms with Crippen LogP contribution in [0.1, 0.15) is 49.9 Å². The predicted octanol–water partition coefficient (Wildman–Crippen LogP) is 1.58. The molecule has 0 aromatic carbocycles. The van der Waals surface area contributed by atoms with Crippen LogP contribution in [0, 0.1) is 13.8 Å². The van der Waals surface area contributed by atoms with E-state index in [9.17, 15) is 14.4 Å². The van der Waals surface area contributed by atoms with Crippen molar-refractivity contribution in [3.8, 4) is 0 Å². The molecule has 30 heavy (non-hydrogen) atoms. The number of hydrogen-bond donors (Lipinski definition) is 1. The summed E-state index contributed by atoms with van der Waals surface area (Å²) in [6.45, 7) is 11.9. The van der Waals surface area contributed by atoms with Crippen molar-refractivity contribution < 1.29 is 9.59 Å². The molecule has 0 radical (unpaired) electrons. The van der Waals surface area contributed by atoms with E-state index in [1.807, 2.05) is 27.7 Å². The lowest BCUT2D eigenvalue weighted by Gasteiger charge is -2.41. The molecule has 1 N–H and O–H groups in total. The van der Waals surface area contributed by atoms with Crippen LogP contribution in [0.25, 0.3) is 15.9 Å². The summed E-state index contributed by atoms with van der Waals surface area (Å²) >= 11 is 1.58. The first-order valence-electron chi connectivity index (χ1n) is 10.0. The third-order valence-corrected chi connectivity index (χ3v) is 6.93. The lowest BCUT2D eigenvalue weighted by molar-refractivity contribution is -0.149. The number of thiophene rings is 1. The summed E-state index contributed by atoms with van der Waals surface area (Å²) in [5.74, 6) is 0.117. The first kappa shape index (κ1) is 20.5. The molecule has 1 fully saturated rings. The van der Waals surface area contributed by atoms with Crippen LogP contribution in [-0.4, -0.2) is 54.5 Å². The average molecular weight is 431 g/mol. The second kappa shape index (κ2) is 6.90. The number of carbonyl (C=O) groups is 2. The van der Waals surface area contributed by atoms with Crippen molar-refractivity contribution >= 4 is 39.0 Å². The predicted molar refractivity (Wildman–Crippen MR) is 115 cm³/mol. The average Bonchev–Trinajstić information content (AvgIpc) is 3.13. The van der Waals surface area contributed by atoms with Gasteiger partial charge in [0.25, 0.3) is 0 Å². The quantitative estimate of drug-likeness (QED) is 0.680. The van der Waals surface area contributed by atoms with Gasteiger partial charge in [0.1, 0.15) is 22.7 Å². The Balaban J connectivity index is 1.85. The summed E-state index contributed by atoms with van der Waals surface area (Å²) in [4.78, 5) is 46.7. The number of piperazine rings is 1. The molecule has 2 amide bonds. The van der Waals surface area contributed by atoms with Crippen molar-refractivity contribution in [1.82, 2.24) is 29.4 Å². The van der Waals surface area contributed by atoms with E-state index in [4.69, 9.17) is 4.98 Å². The normalized spacial score (nSPS) is 16.6. The number of nitrogens with zero attached hydrogens (tertiary/aromatic N) is 5. The molecule has 10 heteroatoms. The maximum atomic E-state index is 13.2. The Labute approximate surface area is 177 Å². The number of nitrogens with one attached hydrogen (secondary N) is 1. The van der Waals surface area contributed by atoms with Crippen LogP contribution in [-0.2, 0) is 16.1 Å². The Morgan fingerprint density at radius 3 is 2.63 bits per heavy atom. The van der Waals surface area contributed by atoms with Crippen LogP contribution in [0.4, 0.5) is 0 Å². The van der Waals surface area contributed by atoms with Crippen LogP contribution in [0.3, 0.4) is 0 Å². The summed E-state index contributed by atoms with van der Waals surface area (Å²) in [7, 11) is 0. The van der Waals surface area contributed by atoms with Crippen LogP contribution >= 0.6 is 11.3 Å². The van der Waals surface area contributed by atoms with Crippen LogP contribution in [0.5, 0.6) is 0 Å². The van der Waals surface area contributed by atoms with Crippen LogP contribution in [0.2, 0.25) is 0 Å². The number of aromatic nitrogens is 4. The minimum Gasteiger partial charge on any atom is -0.352 e. The molecule has 1 aliphatic heterocycles. The molecule has 0 bridgehead atoms. The second-order valence-electron chi connectivity index (χ2n) is 8.55. The summed E-state index contributed by atoms with van der Waals surface area (Å²) in [5.41, 5.74) is 0.204. The minimum absolute atomic E-state index is 0.00962. The van der Waals surface area contributed by atoms with Crippen molar-refractivity contribution in [1.29, 1.82) is 0 Å². The fourth-order valence-electron chi connectivity index (χ4n) is 3.92. The molecule has 160 valence electrons. The monoisotopic (exact) mass is 430 g/mol. The summed E-state index contributed by atoms with van der Waals surface area (Å²) < 4.78 is 2.72. The summed E-state index contributed by atoms with van der Waals surface area (Å²) in [6, 6.07) is 0.